The second kappa shape index (κ2) is 5.75. The van der Waals surface area contributed by atoms with Gasteiger partial charge in [0.2, 0.25) is 11.7 Å². The van der Waals surface area contributed by atoms with Gasteiger partial charge in [0.1, 0.15) is 0 Å². The van der Waals surface area contributed by atoms with Crippen LogP contribution in [0.3, 0.4) is 0 Å². The highest BCUT2D eigenvalue weighted by atomic mass is 16.5. The predicted octanol–water partition coefficient (Wildman–Crippen LogP) is 2.81. The third kappa shape index (κ3) is 3.08. The summed E-state index contributed by atoms with van der Waals surface area (Å²) in [5.74, 6) is 1.21. The number of nitrogens with two attached hydrogens (primary N) is 1. The van der Waals surface area contributed by atoms with E-state index in [9.17, 15) is 0 Å². The Bertz CT molecular complexity index is 751. The van der Waals surface area contributed by atoms with Crippen molar-refractivity contribution >= 4 is 5.69 Å². The van der Waals surface area contributed by atoms with Crippen molar-refractivity contribution in [3.05, 3.63) is 59.7 Å². The van der Waals surface area contributed by atoms with Crippen molar-refractivity contribution in [3.63, 3.8) is 0 Å². The highest BCUT2D eigenvalue weighted by Gasteiger charge is 2.10. The minimum absolute atomic E-state index is 0.586. The Labute approximate surface area is 122 Å². The van der Waals surface area contributed by atoms with Crippen molar-refractivity contribution in [2.24, 2.45) is 0 Å². The van der Waals surface area contributed by atoms with E-state index in [0.717, 1.165) is 28.8 Å². The molecule has 2 aromatic heterocycles. The Balaban J connectivity index is 1.72. The molecule has 2 N–H and O–H groups in total. The fourth-order valence-corrected chi connectivity index (χ4v) is 2.16. The van der Waals surface area contributed by atoms with Crippen molar-refractivity contribution in [3.8, 4) is 11.4 Å². The molecule has 0 aliphatic rings. The maximum absolute atomic E-state index is 5.77. The number of anilines is 1. The second-order valence-electron chi connectivity index (χ2n) is 4.95. The first kappa shape index (κ1) is 13.3. The van der Waals surface area contributed by atoms with Crippen molar-refractivity contribution < 1.29 is 4.52 Å². The third-order valence-electron chi connectivity index (χ3n) is 3.33. The first-order valence-corrected chi connectivity index (χ1v) is 6.80. The summed E-state index contributed by atoms with van der Waals surface area (Å²) in [6.07, 6.45) is 5.01. The second-order valence-corrected chi connectivity index (χ2v) is 4.95. The SMILES string of the molecule is Cc1ccncc1-c1noc(CCc2cccc(N)c2)n1. The quantitative estimate of drug-likeness (QED) is 0.743. The van der Waals surface area contributed by atoms with Crippen molar-refractivity contribution in [1.29, 1.82) is 0 Å². The van der Waals surface area contributed by atoms with Gasteiger partial charge in [-0.05, 0) is 42.7 Å². The van der Waals surface area contributed by atoms with Crippen LogP contribution in [-0.4, -0.2) is 15.1 Å². The molecule has 3 rings (SSSR count). The van der Waals surface area contributed by atoms with Crippen LogP contribution >= 0.6 is 0 Å². The van der Waals surface area contributed by atoms with Crippen LogP contribution in [-0.2, 0) is 12.8 Å². The fraction of sp³-hybridized carbons (Fsp3) is 0.188. The van der Waals surface area contributed by atoms with Gasteiger partial charge in [-0.1, -0.05) is 17.3 Å². The topological polar surface area (TPSA) is 77.8 Å². The summed E-state index contributed by atoms with van der Waals surface area (Å²) in [5.41, 5.74) is 9.67. The number of pyridine rings is 1. The summed E-state index contributed by atoms with van der Waals surface area (Å²) in [4.78, 5) is 8.53. The standard InChI is InChI=1S/C16H16N4O/c1-11-7-8-18-10-14(11)16-19-15(21-20-16)6-5-12-3-2-4-13(17)9-12/h2-4,7-10H,5-6,17H2,1H3. The van der Waals surface area contributed by atoms with E-state index < -0.39 is 0 Å². The van der Waals surface area contributed by atoms with Crippen LogP contribution in [0.4, 0.5) is 5.69 Å². The van der Waals surface area contributed by atoms with E-state index >= 15 is 0 Å². The highest BCUT2D eigenvalue weighted by Crippen LogP contribution is 2.19. The molecule has 0 aliphatic heterocycles. The lowest BCUT2D eigenvalue weighted by molar-refractivity contribution is 0.379. The Morgan fingerprint density at radius 2 is 2.10 bits per heavy atom. The zero-order valence-electron chi connectivity index (χ0n) is 11.8. The molecule has 0 saturated carbocycles. The van der Waals surface area contributed by atoms with Crippen molar-refractivity contribution in [1.82, 2.24) is 15.1 Å². The molecule has 0 spiro atoms. The Morgan fingerprint density at radius 1 is 1.19 bits per heavy atom. The Kier molecular flexibility index (Phi) is 3.64. The molecule has 2 heterocycles. The molecule has 106 valence electrons. The first-order valence-electron chi connectivity index (χ1n) is 6.80. The number of hydrogen-bond acceptors (Lipinski definition) is 5. The van der Waals surface area contributed by atoms with Gasteiger partial charge in [0.15, 0.2) is 0 Å². The molecule has 0 aliphatic carbocycles. The van der Waals surface area contributed by atoms with E-state index in [0.29, 0.717) is 18.1 Å². The summed E-state index contributed by atoms with van der Waals surface area (Å²) in [6.45, 7) is 2.00. The number of rotatable bonds is 4. The van der Waals surface area contributed by atoms with Crippen LogP contribution in [0.5, 0.6) is 0 Å². The van der Waals surface area contributed by atoms with Gasteiger partial charge in [-0.2, -0.15) is 4.98 Å². The van der Waals surface area contributed by atoms with E-state index in [1.165, 1.54) is 0 Å². The molecule has 5 nitrogen and oxygen atoms in total. The molecule has 5 heteroatoms. The number of nitrogen functional groups attached to an aromatic ring is 1. The molecule has 3 aromatic rings. The monoisotopic (exact) mass is 280 g/mol. The summed E-state index contributed by atoms with van der Waals surface area (Å²) >= 11 is 0. The normalized spacial score (nSPS) is 10.7. The van der Waals surface area contributed by atoms with Gasteiger partial charge in [-0.25, -0.2) is 0 Å². The van der Waals surface area contributed by atoms with Crippen LogP contribution in [0.15, 0.2) is 47.2 Å². The van der Waals surface area contributed by atoms with Gasteiger partial charge in [0, 0.05) is 30.1 Å². The molecular weight excluding hydrogens is 264 g/mol. The Morgan fingerprint density at radius 3 is 2.90 bits per heavy atom. The van der Waals surface area contributed by atoms with Crippen LogP contribution in [0.25, 0.3) is 11.4 Å². The number of hydrogen-bond donors (Lipinski definition) is 1. The maximum atomic E-state index is 5.77. The van der Waals surface area contributed by atoms with Crippen LogP contribution in [0, 0.1) is 6.92 Å². The minimum Gasteiger partial charge on any atom is -0.399 e. The van der Waals surface area contributed by atoms with E-state index in [2.05, 4.69) is 15.1 Å². The average Bonchev–Trinajstić information content (AvgIpc) is 2.94. The fourth-order valence-electron chi connectivity index (χ4n) is 2.16. The Hall–Kier alpha value is -2.69. The van der Waals surface area contributed by atoms with E-state index in [1.807, 2.05) is 37.3 Å². The molecule has 0 unspecified atom stereocenters. The van der Waals surface area contributed by atoms with E-state index in [4.69, 9.17) is 10.3 Å². The van der Waals surface area contributed by atoms with Crippen LogP contribution in [0.1, 0.15) is 17.0 Å². The number of aromatic nitrogens is 3. The van der Waals surface area contributed by atoms with Crippen LogP contribution in [0.2, 0.25) is 0 Å². The van der Waals surface area contributed by atoms with Gasteiger partial charge in [0.25, 0.3) is 0 Å². The van der Waals surface area contributed by atoms with Crippen molar-refractivity contribution in [2.75, 3.05) is 5.73 Å². The van der Waals surface area contributed by atoms with E-state index in [1.54, 1.807) is 12.4 Å². The zero-order valence-corrected chi connectivity index (χ0v) is 11.8. The number of benzene rings is 1. The maximum Gasteiger partial charge on any atom is 0.227 e. The average molecular weight is 280 g/mol. The molecule has 0 bridgehead atoms. The summed E-state index contributed by atoms with van der Waals surface area (Å²) in [5, 5.41) is 4.03. The molecule has 0 atom stereocenters. The molecule has 0 amide bonds. The highest BCUT2D eigenvalue weighted by molar-refractivity contribution is 5.57. The number of nitrogens with zero attached hydrogens (tertiary/aromatic N) is 3. The molecule has 0 radical (unpaired) electrons. The largest absolute Gasteiger partial charge is 0.399 e. The molecule has 0 fully saturated rings. The lowest BCUT2D eigenvalue weighted by Crippen LogP contribution is -1.94. The lowest BCUT2D eigenvalue weighted by Gasteiger charge is -1.99. The smallest absolute Gasteiger partial charge is 0.227 e. The van der Waals surface area contributed by atoms with Crippen LogP contribution < -0.4 is 5.73 Å². The molecule has 1 aromatic carbocycles. The van der Waals surface area contributed by atoms with Gasteiger partial charge in [0.05, 0.1) is 0 Å². The summed E-state index contributed by atoms with van der Waals surface area (Å²) < 4.78 is 5.31. The van der Waals surface area contributed by atoms with Gasteiger partial charge in [-0.3, -0.25) is 4.98 Å². The summed E-state index contributed by atoms with van der Waals surface area (Å²) in [6, 6.07) is 9.75. The number of aryl methyl sites for hydroxylation is 3. The minimum atomic E-state index is 0.586. The van der Waals surface area contributed by atoms with E-state index in [-0.39, 0.29) is 0 Å². The zero-order chi connectivity index (χ0) is 14.7. The van der Waals surface area contributed by atoms with Gasteiger partial charge >= 0.3 is 0 Å². The first-order chi connectivity index (χ1) is 10.2. The van der Waals surface area contributed by atoms with Gasteiger partial charge in [-0.15, -0.1) is 0 Å². The molecular formula is C16H16N4O. The predicted molar refractivity (Wildman–Crippen MR) is 80.5 cm³/mol. The van der Waals surface area contributed by atoms with Gasteiger partial charge < -0.3 is 10.3 Å². The van der Waals surface area contributed by atoms with Crippen molar-refractivity contribution in [2.45, 2.75) is 19.8 Å². The molecule has 21 heavy (non-hydrogen) atoms. The summed E-state index contributed by atoms with van der Waals surface area (Å²) in [7, 11) is 0. The lowest BCUT2D eigenvalue weighted by atomic mass is 10.1. The molecule has 0 saturated heterocycles. The third-order valence-corrected chi connectivity index (χ3v) is 3.33.